The van der Waals surface area contributed by atoms with Gasteiger partial charge in [0.1, 0.15) is 11.5 Å². The van der Waals surface area contributed by atoms with Gasteiger partial charge in [-0.05, 0) is 62.8 Å². The summed E-state index contributed by atoms with van der Waals surface area (Å²) in [6.45, 7) is 0.488. The third-order valence-electron chi connectivity index (χ3n) is 3.10. The van der Waals surface area contributed by atoms with Crippen LogP contribution in [0.3, 0.4) is 0 Å². The lowest BCUT2D eigenvalue weighted by molar-refractivity contribution is 0.387. The van der Waals surface area contributed by atoms with E-state index in [2.05, 4.69) is 0 Å². The first kappa shape index (κ1) is 17.8. The second-order valence-electron chi connectivity index (χ2n) is 5.26. The van der Waals surface area contributed by atoms with E-state index in [0.29, 0.717) is 23.6 Å². The average molecular weight is 353 g/mol. The maximum absolute atomic E-state index is 11.3. The smallest absolute Gasteiger partial charge is 0.294 e. The molecule has 0 saturated carbocycles. The lowest BCUT2D eigenvalue weighted by Crippen LogP contribution is -2.12. The fourth-order valence-corrected chi connectivity index (χ4v) is 2.99. The molecule has 0 heterocycles. The highest BCUT2D eigenvalue weighted by Crippen LogP contribution is 2.29. The molecule has 0 aliphatic rings. The maximum Gasteiger partial charge on any atom is 0.294 e. The maximum atomic E-state index is 11.3. The quantitative estimate of drug-likeness (QED) is 0.633. The van der Waals surface area contributed by atoms with E-state index < -0.39 is 10.1 Å². The molecule has 0 atom stereocenters. The molecule has 0 saturated heterocycles. The van der Waals surface area contributed by atoms with Gasteiger partial charge in [0.2, 0.25) is 0 Å². The summed E-state index contributed by atoms with van der Waals surface area (Å²) in [5, 5.41) is 0. The Morgan fingerprint density at radius 3 is 2.30 bits per heavy atom. The van der Waals surface area contributed by atoms with Gasteiger partial charge in [0.15, 0.2) is 0 Å². The minimum Gasteiger partial charge on any atom is -0.457 e. The summed E-state index contributed by atoms with van der Waals surface area (Å²) in [5.74, 6) is 1.23. The van der Waals surface area contributed by atoms with E-state index in [-0.39, 0.29) is 4.90 Å². The molecule has 0 spiro atoms. The van der Waals surface area contributed by atoms with Gasteiger partial charge in [-0.2, -0.15) is 8.42 Å². The fourth-order valence-electron chi connectivity index (χ4n) is 2.05. The molecule has 0 aliphatic heterocycles. The Kier molecular flexibility index (Phi) is 5.69. The van der Waals surface area contributed by atoms with Gasteiger partial charge >= 0.3 is 0 Å². The first-order chi connectivity index (χ1) is 10.8. The van der Waals surface area contributed by atoms with Crippen molar-refractivity contribution in [2.24, 2.45) is 0 Å². The highest BCUT2D eigenvalue weighted by Gasteiger charge is 2.14. The molecular formula is C16H19NO4S2. The fraction of sp³-hybridized carbons (Fsp3) is 0.250. The van der Waals surface area contributed by atoms with Crippen LogP contribution in [-0.2, 0) is 16.7 Å². The van der Waals surface area contributed by atoms with Crippen LogP contribution in [0.2, 0.25) is 0 Å². The third kappa shape index (κ3) is 4.97. The first-order valence-electron chi connectivity index (χ1n) is 6.86. The molecule has 23 heavy (non-hydrogen) atoms. The van der Waals surface area contributed by atoms with Crippen LogP contribution in [0.15, 0.2) is 52.3 Å². The number of hydrogen-bond donors (Lipinski definition) is 1. The molecule has 0 radical (unpaired) electrons. The Morgan fingerprint density at radius 1 is 1.13 bits per heavy atom. The summed E-state index contributed by atoms with van der Waals surface area (Å²) in [4.78, 5) is 2.89. The van der Waals surface area contributed by atoms with Gasteiger partial charge in [-0.3, -0.25) is 4.55 Å². The second kappa shape index (κ2) is 7.35. The van der Waals surface area contributed by atoms with Crippen molar-refractivity contribution in [2.75, 3.05) is 20.4 Å². The first-order valence-corrected chi connectivity index (χ1v) is 9.53. The largest absolute Gasteiger partial charge is 0.457 e. The number of hydrogen-bond acceptors (Lipinski definition) is 5. The van der Waals surface area contributed by atoms with Crippen LogP contribution in [0.4, 0.5) is 0 Å². The van der Waals surface area contributed by atoms with Crippen molar-refractivity contribution in [3.8, 4) is 11.5 Å². The van der Waals surface area contributed by atoms with Crippen LogP contribution in [0.1, 0.15) is 5.56 Å². The molecule has 0 fully saturated rings. The van der Waals surface area contributed by atoms with Crippen molar-refractivity contribution in [3.63, 3.8) is 0 Å². The Balaban J connectivity index is 2.35. The van der Waals surface area contributed by atoms with Crippen molar-refractivity contribution in [3.05, 3.63) is 48.0 Å². The van der Waals surface area contributed by atoms with E-state index in [1.807, 2.05) is 49.5 Å². The lowest BCUT2D eigenvalue weighted by atomic mass is 10.2. The van der Waals surface area contributed by atoms with E-state index >= 15 is 0 Å². The SMILES string of the molecule is CSc1ccc(Oc2ccc(S(=O)(=O)O)cc2CN(C)C)cc1. The second-order valence-corrected chi connectivity index (χ2v) is 7.56. The van der Waals surface area contributed by atoms with Crippen molar-refractivity contribution in [2.45, 2.75) is 16.3 Å². The molecule has 7 heteroatoms. The Hall–Kier alpha value is -1.54. The summed E-state index contributed by atoms with van der Waals surface area (Å²) in [7, 11) is -0.492. The summed E-state index contributed by atoms with van der Waals surface area (Å²) in [6, 6.07) is 12.0. The molecule has 5 nitrogen and oxygen atoms in total. The van der Waals surface area contributed by atoms with Crippen molar-refractivity contribution < 1.29 is 17.7 Å². The minimum atomic E-state index is -4.24. The number of rotatable bonds is 6. The van der Waals surface area contributed by atoms with Gasteiger partial charge in [-0.15, -0.1) is 11.8 Å². The van der Waals surface area contributed by atoms with Crippen LogP contribution in [0.25, 0.3) is 0 Å². The number of thioether (sulfide) groups is 1. The van der Waals surface area contributed by atoms with Gasteiger partial charge in [-0.25, -0.2) is 0 Å². The van der Waals surface area contributed by atoms with Gasteiger partial charge in [0.25, 0.3) is 10.1 Å². The average Bonchev–Trinajstić information content (AvgIpc) is 2.48. The standard InChI is InChI=1S/C16H19NO4S2/c1-17(2)11-12-10-15(23(18,19)20)8-9-16(12)21-13-4-6-14(22-3)7-5-13/h4-10H,11H2,1-3H3,(H,18,19,20). The van der Waals surface area contributed by atoms with Crippen LogP contribution in [0, 0.1) is 0 Å². The zero-order valence-corrected chi connectivity index (χ0v) is 14.8. The van der Waals surface area contributed by atoms with Gasteiger partial charge in [0, 0.05) is 17.0 Å². The van der Waals surface area contributed by atoms with Crippen LogP contribution in [-0.4, -0.2) is 38.2 Å². The van der Waals surface area contributed by atoms with Crippen molar-refractivity contribution in [1.82, 2.24) is 4.90 Å². The normalized spacial score (nSPS) is 11.7. The molecule has 0 unspecified atom stereocenters. The molecule has 124 valence electrons. The summed E-state index contributed by atoms with van der Waals surface area (Å²) in [5.41, 5.74) is 0.680. The topological polar surface area (TPSA) is 66.8 Å². The third-order valence-corrected chi connectivity index (χ3v) is 4.70. The Morgan fingerprint density at radius 2 is 1.78 bits per heavy atom. The van der Waals surface area contributed by atoms with E-state index in [1.165, 1.54) is 12.1 Å². The van der Waals surface area contributed by atoms with Crippen LogP contribution >= 0.6 is 11.8 Å². The molecule has 2 aromatic rings. The van der Waals surface area contributed by atoms with Crippen molar-refractivity contribution >= 4 is 21.9 Å². The van der Waals surface area contributed by atoms with Crippen molar-refractivity contribution in [1.29, 1.82) is 0 Å². The van der Waals surface area contributed by atoms with E-state index in [4.69, 9.17) is 4.74 Å². The zero-order chi connectivity index (χ0) is 17.0. The monoisotopic (exact) mass is 353 g/mol. The van der Waals surface area contributed by atoms with E-state index in [0.717, 1.165) is 4.90 Å². The molecule has 1 N–H and O–H groups in total. The molecular weight excluding hydrogens is 334 g/mol. The molecule has 0 bridgehead atoms. The van der Waals surface area contributed by atoms with Crippen LogP contribution < -0.4 is 4.74 Å². The highest BCUT2D eigenvalue weighted by molar-refractivity contribution is 7.98. The van der Waals surface area contributed by atoms with Gasteiger partial charge in [0.05, 0.1) is 4.90 Å². The number of benzene rings is 2. The lowest BCUT2D eigenvalue weighted by Gasteiger charge is -2.16. The summed E-state index contributed by atoms with van der Waals surface area (Å²) >= 11 is 1.64. The predicted molar refractivity (Wildman–Crippen MR) is 91.9 cm³/mol. The highest BCUT2D eigenvalue weighted by atomic mass is 32.2. The van der Waals surface area contributed by atoms with Gasteiger partial charge in [-0.1, -0.05) is 0 Å². The molecule has 0 aliphatic carbocycles. The number of nitrogens with zero attached hydrogens (tertiary/aromatic N) is 1. The van der Waals surface area contributed by atoms with Gasteiger partial charge < -0.3 is 9.64 Å². The van der Waals surface area contributed by atoms with E-state index in [1.54, 1.807) is 17.8 Å². The predicted octanol–water partition coefficient (Wildman–Crippen LogP) is 3.51. The Bertz CT molecular complexity index is 771. The molecule has 2 aromatic carbocycles. The zero-order valence-electron chi connectivity index (χ0n) is 13.2. The summed E-state index contributed by atoms with van der Waals surface area (Å²) in [6.07, 6.45) is 2.00. The molecule has 0 amide bonds. The molecule has 2 rings (SSSR count). The number of ether oxygens (including phenoxy) is 1. The van der Waals surface area contributed by atoms with Crippen LogP contribution in [0.5, 0.6) is 11.5 Å². The van der Waals surface area contributed by atoms with E-state index in [9.17, 15) is 13.0 Å². The molecule has 0 aromatic heterocycles. The minimum absolute atomic E-state index is 0.139. The summed E-state index contributed by atoms with van der Waals surface area (Å²) < 4.78 is 37.7. The Labute approximate surface area is 141 Å².